The van der Waals surface area contributed by atoms with Gasteiger partial charge in [-0.05, 0) is 69.7 Å². The molecule has 6 nitrogen and oxygen atoms in total. The zero-order valence-electron chi connectivity index (χ0n) is 19.5. The summed E-state index contributed by atoms with van der Waals surface area (Å²) in [6.45, 7) is 6.48. The molecule has 6 heteroatoms. The number of aromatic nitrogens is 1. The fourth-order valence-electron chi connectivity index (χ4n) is 4.35. The third-order valence-corrected chi connectivity index (χ3v) is 6.27. The fraction of sp³-hybridized carbons (Fsp3) is 0.407. The van der Waals surface area contributed by atoms with Crippen LogP contribution in [0.15, 0.2) is 46.9 Å². The van der Waals surface area contributed by atoms with Gasteiger partial charge in [0.25, 0.3) is 0 Å². The number of rotatable bonds is 8. The maximum absolute atomic E-state index is 11.6. The van der Waals surface area contributed by atoms with Gasteiger partial charge < -0.3 is 19.0 Å². The van der Waals surface area contributed by atoms with Crippen LogP contribution in [0.2, 0.25) is 0 Å². The van der Waals surface area contributed by atoms with E-state index < -0.39 is 5.97 Å². The molecule has 1 N–H and O–H groups in total. The summed E-state index contributed by atoms with van der Waals surface area (Å²) in [4.78, 5) is 16.3. The smallest absolute Gasteiger partial charge is 0.336 e. The maximum atomic E-state index is 11.6. The van der Waals surface area contributed by atoms with Crippen molar-refractivity contribution in [2.75, 3.05) is 0 Å². The first-order valence-corrected chi connectivity index (χ1v) is 11.5. The molecule has 174 valence electrons. The van der Waals surface area contributed by atoms with Crippen molar-refractivity contribution in [1.82, 2.24) is 4.98 Å². The zero-order valence-corrected chi connectivity index (χ0v) is 19.5. The highest BCUT2D eigenvalue weighted by Gasteiger charge is 2.25. The molecule has 0 aliphatic heterocycles. The van der Waals surface area contributed by atoms with E-state index in [-0.39, 0.29) is 12.2 Å². The molecular weight excluding hydrogens is 418 g/mol. The summed E-state index contributed by atoms with van der Waals surface area (Å²) in [5, 5.41) is 9.52. The second kappa shape index (κ2) is 10.3. The number of ether oxygens (including phenoxy) is 2. The van der Waals surface area contributed by atoms with Gasteiger partial charge in [0.2, 0.25) is 5.89 Å². The van der Waals surface area contributed by atoms with Crippen molar-refractivity contribution in [3.8, 4) is 11.5 Å². The van der Waals surface area contributed by atoms with E-state index in [4.69, 9.17) is 13.9 Å². The Morgan fingerprint density at radius 3 is 2.42 bits per heavy atom. The molecule has 3 aromatic rings. The van der Waals surface area contributed by atoms with E-state index in [9.17, 15) is 9.90 Å². The lowest BCUT2D eigenvalue weighted by molar-refractivity contribution is -0.0564. The van der Waals surface area contributed by atoms with Gasteiger partial charge in [-0.1, -0.05) is 35.9 Å². The molecule has 1 aliphatic rings. The van der Waals surface area contributed by atoms with Gasteiger partial charge in [-0.25, -0.2) is 9.78 Å². The van der Waals surface area contributed by atoms with E-state index in [0.29, 0.717) is 30.2 Å². The monoisotopic (exact) mass is 449 g/mol. The molecule has 0 spiro atoms. The number of aryl methyl sites for hydroxylation is 3. The van der Waals surface area contributed by atoms with Crippen LogP contribution in [-0.2, 0) is 22.7 Å². The highest BCUT2D eigenvalue weighted by Crippen LogP contribution is 2.28. The van der Waals surface area contributed by atoms with Crippen LogP contribution < -0.4 is 0 Å². The molecule has 1 aromatic heterocycles. The Bertz CT molecular complexity index is 1100. The summed E-state index contributed by atoms with van der Waals surface area (Å²) >= 11 is 0. The van der Waals surface area contributed by atoms with Crippen molar-refractivity contribution >= 4 is 5.97 Å². The summed E-state index contributed by atoms with van der Waals surface area (Å²) in [7, 11) is 0. The van der Waals surface area contributed by atoms with Crippen molar-refractivity contribution in [1.29, 1.82) is 0 Å². The van der Waals surface area contributed by atoms with E-state index in [1.54, 1.807) is 0 Å². The molecule has 2 aromatic carbocycles. The van der Waals surface area contributed by atoms with Crippen LogP contribution in [0.4, 0.5) is 0 Å². The standard InChI is InChI=1S/C27H31NO5/c1-17-10-12-20(13-11-17)26-28-24(19(3)33-26)16-32-23-9-5-8-22(14-23)31-15-21-7-4-6-18(2)25(21)27(29)30/h4,6-7,10-13,22-23H,5,8-9,14-16H2,1-3H3,(H,29,30)/t22-,23+/m1/s1. The lowest BCUT2D eigenvalue weighted by atomic mass is 9.94. The minimum Gasteiger partial charge on any atom is -0.478 e. The summed E-state index contributed by atoms with van der Waals surface area (Å²) in [6, 6.07) is 13.6. The lowest BCUT2D eigenvalue weighted by Crippen LogP contribution is -2.28. The average molecular weight is 450 g/mol. The Morgan fingerprint density at radius 2 is 1.73 bits per heavy atom. The van der Waals surface area contributed by atoms with E-state index in [1.165, 1.54) is 5.56 Å². The number of aromatic carboxylic acids is 1. The molecule has 1 heterocycles. The highest BCUT2D eigenvalue weighted by atomic mass is 16.5. The lowest BCUT2D eigenvalue weighted by Gasteiger charge is -2.29. The molecular formula is C27H31NO5. The first-order chi connectivity index (χ1) is 15.9. The Balaban J connectivity index is 1.32. The van der Waals surface area contributed by atoms with Crippen LogP contribution in [0.1, 0.15) is 64.2 Å². The second-order valence-corrected chi connectivity index (χ2v) is 8.83. The summed E-state index contributed by atoms with van der Waals surface area (Å²) in [5.41, 5.74) is 4.78. The molecule has 33 heavy (non-hydrogen) atoms. The number of nitrogens with zero attached hydrogens (tertiary/aromatic N) is 1. The molecule has 0 saturated heterocycles. The maximum Gasteiger partial charge on any atom is 0.336 e. The molecule has 4 rings (SSSR count). The van der Waals surface area contributed by atoms with Crippen molar-refractivity contribution in [2.45, 2.75) is 71.9 Å². The SMILES string of the molecule is Cc1ccc(-c2nc(CO[C@H]3CCC[C@@H](OCc4cccc(C)c4C(=O)O)C3)c(C)o2)cc1. The van der Waals surface area contributed by atoms with Crippen molar-refractivity contribution in [2.24, 2.45) is 0 Å². The molecule has 0 bridgehead atoms. The van der Waals surface area contributed by atoms with Crippen LogP contribution in [0.3, 0.4) is 0 Å². The molecule has 1 fully saturated rings. The Hall–Kier alpha value is -2.96. The first-order valence-electron chi connectivity index (χ1n) is 11.5. The predicted octanol–water partition coefficient (Wildman–Crippen LogP) is 6.01. The number of hydrogen-bond donors (Lipinski definition) is 1. The van der Waals surface area contributed by atoms with Crippen LogP contribution in [0.25, 0.3) is 11.5 Å². The van der Waals surface area contributed by atoms with Gasteiger partial charge in [-0.3, -0.25) is 0 Å². The van der Waals surface area contributed by atoms with E-state index in [1.807, 2.05) is 56.3 Å². The van der Waals surface area contributed by atoms with Crippen LogP contribution in [0.5, 0.6) is 0 Å². The van der Waals surface area contributed by atoms with Crippen molar-refractivity contribution in [3.63, 3.8) is 0 Å². The van der Waals surface area contributed by atoms with E-state index >= 15 is 0 Å². The van der Waals surface area contributed by atoms with E-state index in [0.717, 1.165) is 48.3 Å². The number of carboxylic acids is 1. The van der Waals surface area contributed by atoms with Gasteiger partial charge in [0, 0.05) is 5.56 Å². The van der Waals surface area contributed by atoms with Gasteiger partial charge in [0.05, 0.1) is 31.0 Å². The molecule has 2 atom stereocenters. The van der Waals surface area contributed by atoms with Gasteiger partial charge in [-0.2, -0.15) is 0 Å². The number of oxazole rings is 1. The molecule has 0 radical (unpaired) electrons. The van der Waals surface area contributed by atoms with Crippen LogP contribution in [-0.4, -0.2) is 28.3 Å². The Kier molecular flexibility index (Phi) is 7.26. The van der Waals surface area contributed by atoms with Crippen LogP contribution in [0, 0.1) is 20.8 Å². The summed E-state index contributed by atoms with van der Waals surface area (Å²) in [6.07, 6.45) is 3.87. The van der Waals surface area contributed by atoms with Gasteiger partial charge in [-0.15, -0.1) is 0 Å². The number of benzene rings is 2. The number of hydrogen-bond acceptors (Lipinski definition) is 5. The molecule has 0 unspecified atom stereocenters. The van der Waals surface area contributed by atoms with Gasteiger partial charge in [0.1, 0.15) is 11.5 Å². The molecule has 1 aliphatic carbocycles. The third kappa shape index (κ3) is 5.70. The average Bonchev–Trinajstić information content (AvgIpc) is 3.17. The topological polar surface area (TPSA) is 81.8 Å². The highest BCUT2D eigenvalue weighted by molar-refractivity contribution is 5.91. The van der Waals surface area contributed by atoms with Crippen molar-refractivity contribution < 1.29 is 23.8 Å². The summed E-state index contributed by atoms with van der Waals surface area (Å²) < 4.78 is 18.2. The summed E-state index contributed by atoms with van der Waals surface area (Å²) in [5.74, 6) is 0.475. The minimum absolute atomic E-state index is 0.0485. The molecule has 0 amide bonds. The number of carbonyl (C=O) groups is 1. The predicted molar refractivity (Wildman–Crippen MR) is 125 cm³/mol. The first kappa shape index (κ1) is 23.2. The fourth-order valence-corrected chi connectivity index (χ4v) is 4.35. The third-order valence-electron chi connectivity index (χ3n) is 6.27. The Morgan fingerprint density at radius 1 is 1.03 bits per heavy atom. The van der Waals surface area contributed by atoms with Crippen LogP contribution >= 0.6 is 0 Å². The number of carboxylic acid groups (broad SMARTS) is 1. The van der Waals surface area contributed by atoms with Crippen molar-refractivity contribution in [3.05, 3.63) is 76.2 Å². The largest absolute Gasteiger partial charge is 0.478 e. The van der Waals surface area contributed by atoms with Gasteiger partial charge >= 0.3 is 5.97 Å². The van der Waals surface area contributed by atoms with Gasteiger partial charge in [0.15, 0.2) is 0 Å². The van der Waals surface area contributed by atoms with E-state index in [2.05, 4.69) is 11.9 Å². The molecule has 1 saturated carbocycles. The second-order valence-electron chi connectivity index (χ2n) is 8.83. The zero-order chi connectivity index (χ0) is 23.4. The quantitative estimate of drug-likeness (QED) is 0.453. The minimum atomic E-state index is -0.912. The Labute approximate surface area is 194 Å². The normalized spacial score (nSPS) is 18.4.